The summed E-state index contributed by atoms with van der Waals surface area (Å²) in [6.45, 7) is 7.75. The average Bonchev–Trinajstić information content (AvgIpc) is 2.90. The third-order valence-corrected chi connectivity index (χ3v) is 6.92. The molecule has 0 spiro atoms. The molecule has 4 rings (SSSR count). The van der Waals surface area contributed by atoms with Gasteiger partial charge < -0.3 is 26.0 Å². The zero-order valence-electron chi connectivity index (χ0n) is 22.0. The number of amidine groups is 1. The maximum atomic E-state index is 12.3. The third kappa shape index (κ3) is 6.12. The highest BCUT2D eigenvalue weighted by molar-refractivity contribution is 6.22. The summed E-state index contributed by atoms with van der Waals surface area (Å²) in [5.74, 6) is -1.68. The Morgan fingerprint density at radius 3 is 2.10 bits per heavy atom. The van der Waals surface area contributed by atoms with E-state index in [1.54, 1.807) is 24.3 Å². The normalized spacial score (nSPS) is 13.9. The Morgan fingerprint density at radius 2 is 1.56 bits per heavy atom. The molecule has 3 aromatic rings. The SMILES string of the molecule is CC(C)c1cc(C(=N)N(C(N)=O)c2ccc(CN3CCN(c4ccc(C(=O)O)cc4)CC3)cc2)c(O)cc1O. The van der Waals surface area contributed by atoms with Gasteiger partial charge in [-0.05, 0) is 59.5 Å². The molecule has 0 aliphatic carbocycles. The number of carboxylic acids is 1. The van der Waals surface area contributed by atoms with Crippen molar-refractivity contribution in [2.24, 2.45) is 5.73 Å². The number of carbonyl (C=O) groups is 2. The van der Waals surface area contributed by atoms with Crippen molar-refractivity contribution < 1.29 is 24.9 Å². The van der Waals surface area contributed by atoms with Gasteiger partial charge in [0, 0.05) is 44.5 Å². The molecule has 0 bridgehead atoms. The van der Waals surface area contributed by atoms with Crippen LogP contribution in [-0.2, 0) is 6.54 Å². The molecule has 3 aromatic carbocycles. The van der Waals surface area contributed by atoms with Crippen LogP contribution in [0.1, 0.15) is 46.8 Å². The van der Waals surface area contributed by atoms with E-state index in [1.807, 2.05) is 38.1 Å². The van der Waals surface area contributed by atoms with Gasteiger partial charge in [0.25, 0.3) is 0 Å². The molecule has 1 saturated heterocycles. The first-order valence-corrected chi connectivity index (χ1v) is 12.7. The lowest BCUT2D eigenvalue weighted by Crippen LogP contribution is -2.46. The van der Waals surface area contributed by atoms with Gasteiger partial charge in [-0.1, -0.05) is 26.0 Å². The number of amides is 2. The van der Waals surface area contributed by atoms with Gasteiger partial charge in [-0.25, -0.2) is 14.5 Å². The largest absolute Gasteiger partial charge is 0.508 e. The van der Waals surface area contributed by atoms with Gasteiger partial charge in [0.15, 0.2) is 0 Å². The minimum absolute atomic E-state index is 0.0576. The van der Waals surface area contributed by atoms with Crippen LogP contribution in [0.5, 0.6) is 11.5 Å². The minimum Gasteiger partial charge on any atom is -0.508 e. The number of nitrogens with one attached hydrogen (secondary N) is 1. The number of nitrogens with zero attached hydrogens (tertiary/aromatic N) is 3. The second-order valence-electron chi connectivity index (χ2n) is 9.89. The van der Waals surface area contributed by atoms with Crippen LogP contribution in [0.25, 0.3) is 0 Å². The molecule has 0 atom stereocenters. The van der Waals surface area contributed by atoms with E-state index in [-0.39, 0.29) is 34.4 Å². The summed E-state index contributed by atoms with van der Waals surface area (Å²) in [5.41, 5.74) is 8.96. The Kier molecular flexibility index (Phi) is 8.06. The first kappa shape index (κ1) is 27.5. The predicted molar refractivity (Wildman–Crippen MR) is 150 cm³/mol. The van der Waals surface area contributed by atoms with Crippen molar-refractivity contribution in [3.8, 4) is 11.5 Å². The van der Waals surface area contributed by atoms with Crippen LogP contribution in [0.4, 0.5) is 16.2 Å². The second-order valence-corrected chi connectivity index (χ2v) is 9.89. The minimum atomic E-state index is -0.938. The van der Waals surface area contributed by atoms with Crippen molar-refractivity contribution in [1.82, 2.24) is 4.90 Å². The first-order valence-electron chi connectivity index (χ1n) is 12.7. The van der Waals surface area contributed by atoms with Crippen LogP contribution >= 0.6 is 0 Å². The van der Waals surface area contributed by atoms with E-state index >= 15 is 0 Å². The zero-order chi connectivity index (χ0) is 28.3. The molecular formula is C29H33N5O5. The number of benzene rings is 3. The highest BCUT2D eigenvalue weighted by atomic mass is 16.4. The second kappa shape index (κ2) is 11.4. The number of urea groups is 1. The maximum Gasteiger partial charge on any atom is 0.335 e. The van der Waals surface area contributed by atoms with Gasteiger partial charge >= 0.3 is 12.0 Å². The van der Waals surface area contributed by atoms with Crippen molar-refractivity contribution in [3.63, 3.8) is 0 Å². The summed E-state index contributed by atoms with van der Waals surface area (Å²) in [7, 11) is 0. The number of piperazine rings is 1. The number of primary amides is 1. The fourth-order valence-corrected chi connectivity index (χ4v) is 4.72. The van der Waals surface area contributed by atoms with E-state index in [2.05, 4.69) is 9.80 Å². The summed E-state index contributed by atoms with van der Waals surface area (Å²) >= 11 is 0. The van der Waals surface area contributed by atoms with Crippen molar-refractivity contribution in [1.29, 1.82) is 5.41 Å². The summed E-state index contributed by atoms with van der Waals surface area (Å²) in [6.07, 6.45) is 0. The molecule has 0 saturated carbocycles. The molecule has 1 aliphatic heterocycles. The lowest BCUT2D eigenvalue weighted by Gasteiger charge is -2.36. The smallest absolute Gasteiger partial charge is 0.335 e. The molecule has 1 heterocycles. The number of phenolic OH excluding ortho intramolecular Hbond substituents is 2. The quantitative estimate of drug-likeness (QED) is 0.227. The van der Waals surface area contributed by atoms with Crippen molar-refractivity contribution in [2.75, 3.05) is 36.0 Å². The number of rotatable bonds is 7. The van der Waals surface area contributed by atoms with E-state index in [4.69, 9.17) is 16.2 Å². The number of carboxylic acid groups (broad SMARTS) is 1. The van der Waals surface area contributed by atoms with E-state index in [1.165, 1.54) is 12.1 Å². The van der Waals surface area contributed by atoms with Crippen molar-refractivity contribution in [3.05, 3.63) is 82.9 Å². The topological polar surface area (TPSA) is 154 Å². The molecule has 0 radical (unpaired) electrons. The molecule has 39 heavy (non-hydrogen) atoms. The lowest BCUT2D eigenvalue weighted by atomic mass is 9.98. The van der Waals surface area contributed by atoms with Crippen molar-refractivity contribution in [2.45, 2.75) is 26.3 Å². The highest BCUT2D eigenvalue weighted by Crippen LogP contribution is 2.33. The van der Waals surface area contributed by atoms with Gasteiger partial charge in [0.2, 0.25) is 0 Å². The predicted octanol–water partition coefficient (Wildman–Crippen LogP) is 4.15. The Bertz CT molecular complexity index is 1360. The van der Waals surface area contributed by atoms with E-state index in [9.17, 15) is 19.8 Å². The average molecular weight is 532 g/mol. The molecule has 0 aromatic heterocycles. The molecule has 10 nitrogen and oxygen atoms in total. The number of nitrogens with two attached hydrogens (primary N) is 1. The van der Waals surface area contributed by atoms with Gasteiger partial charge in [-0.3, -0.25) is 10.3 Å². The third-order valence-electron chi connectivity index (χ3n) is 6.92. The van der Waals surface area contributed by atoms with E-state index in [0.29, 0.717) is 17.8 Å². The number of carbonyl (C=O) groups excluding carboxylic acids is 1. The van der Waals surface area contributed by atoms with Crippen LogP contribution in [0.15, 0.2) is 60.7 Å². The van der Waals surface area contributed by atoms with Gasteiger partial charge in [0.05, 0.1) is 16.8 Å². The van der Waals surface area contributed by atoms with Crippen LogP contribution in [0.3, 0.4) is 0 Å². The summed E-state index contributed by atoms with van der Waals surface area (Å²) in [6, 6.07) is 15.9. The Morgan fingerprint density at radius 1 is 0.949 bits per heavy atom. The number of aromatic carboxylic acids is 1. The molecule has 10 heteroatoms. The number of hydrogen-bond acceptors (Lipinski definition) is 7. The number of aromatic hydroxyl groups is 2. The number of phenols is 2. The van der Waals surface area contributed by atoms with E-state index < -0.39 is 12.0 Å². The van der Waals surface area contributed by atoms with Gasteiger partial charge in [-0.15, -0.1) is 0 Å². The van der Waals surface area contributed by atoms with E-state index in [0.717, 1.165) is 42.3 Å². The molecule has 2 amide bonds. The van der Waals surface area contributed by atoms with Crippen LogP contribution < -0.4 is 15.5 Å². The standard InChI is InChI=1S/C29H33N5O5/c1-18(2)23-15-24(26(36)16-25(23)35)27(30)34(29(31)39)22-7-3-19(4-8-22)17-32-11-13-33(14-12-32)21-9-5-20(6-10-21)28(37)38/h3-10,15-16,18,30,35-36H,11-14,17H2,1-2H3,(H2,31,39)(H,37,38). The van der Waals surface area contributed by atoms with Crippen LogP contribution in [0.2, 0.25) is 0 Å². The zero-order valence-corrected chi connectivity index (χ0v) is 22.0. The molecule has 6 N–H and O–H groups in total. The Balaban J connectivity index is 1.42. The monoisotopic (exact) mass is 531 g/mol. The molecule has 0 unspecified atom stereocenters. The molecule has 1 fully saturated rings. The lowest BCUT2D eigenvalue weighted by molar-refractivity contribution is 0.0697. The number of hydrogen-bond donors (Lipinski definition) is 5. The van der Waals surface area contributed by atoms with Crippen LogP contribution in [-0.4, -0.2) is 64.2 Å². The first-order chi connectivity index (χ1) is 18.5. The molecule has 1 aliphatic rings. The number of anilines is 2. The molecular weight excluding hydrogens is 498 g/mol. The fraction of sp³-hybridized carbons (Fsp3) is 0.276. The summed E-state index contributed by atoms with van der Waals surface area (Å²) < 4.78 is 0. The maximum absolute atomic E-state index is 12.3. The van der Waals surface area contributed by atoms with Gasteiger partial charge in [0.1, 0.15) is 17.3 Å². The molecule has 204 valence electrons. The van der Waals surface area contributed by atoms with Crippen LogP contribution in [0, 0.1) is 5.41 Å². The summed E-state index contributed by atoms with van der Waals surface area (Å²) in [5, 5.41) is 38.2. The Hall–Kier alpha value is -4.57. The Labute approximate surface area is 227 Å². The highest BCUT2D eigenvalue weighted by Gasteiger charge is 2.24. The summed E-state index contributed by atoms with van der Waals surface area (Å²) in [4.78, 5) is 29.0. The fourth-order valence-electron chi connectivity index (χ4n) is 4.72. The van der Waals surface area contributed by atoms with Crippen molar-refractivity contribution >= 4 is 29.2 Å². The van der Waals surface area contributed by atoms with Gasteiger partial charge in [-0.2, -0.15) is 0 Å².